The van der Waals surface area contributed by atoms with E-state index in [1.807, 2.05) is 30.5 Å². The van der Waals surface area contributed by atoms with Gasteiger partial charge in [-0.1, -0.05) is 18.2 Å². The standard InChI is InChI=1S/C18H20N2O2.ClH/c1-21-17-4-2-3-5-18(17)22-11-10-19-13-14-6-7-16-15(12-14)8-9-20-16;/h2-9,12,19-20H,10-11,13H2,1H3;1H. The SMILES string of the molecule is COc1ccccc1OCCNCc1ccc2[nH]ccc2c1.Cl. The van der Waals surface area contributed by atoms with Crippen molar-refractivity contribution in [2.45, 2.75) is 6.54 Å². The highest BCUT2D eigenvalue weighted by molar-refractivity contribution is 5.85. The maximum atomic E-state index is 5.73. The Morgan fingerprint density at radius 1 is 1.04 bits per heavy atom. The van der Waals surface area contributed by atoms with Crippen LogP contribution >= 0.6 is 12.4 Å². The van der Waals surface area contributed by atoms with Gasteiger partial charge in [0.2, 0.25) is 0 Å². The zero-order chi connectivity index (χ0) is 15.2. The van der Waals surface area contributed by atoms with Crippen molar-refractivity contribution in [2.24, 2.45) is 0 Å². The average molecular weight is 333 g/mol. The molecule has 0 aliphatic heterocycles. The molecular formula is C18H21ClN2O2. The van der Waals surface area contributed by atoms with Crippen LogP contribution in [0.15, 0.2) is 54.7 Å². The summed E-state index contributed by atoms with van der Waals surface area (Å²) in [5.74, 6) is 1.54. The van der Waals surface area contributed by atoms with Gasteiger partial charge in [-0.3, -0.25) is 0 Å². The van der Waals surface area contributed by atoms with Crippen molar-refractivity contribution in [3.63, 3.8) is 0 Å². The molecular weight excluding hydrogens is 312 g/mol. The summed E-state index contributed by atoms with van der Waals surface area (Å²) in [7, 11) is 1.65. The van der Waals surface area contributed by atoms with Gasteiger partial charge in [0, 0.05) is 24.8 Å². The first-order valence-corrected chi connectivity index (χ1v) is 7.39. The lowest BCUT2D eigenvalue weighted by atomic mass is 10.1. The van der Waals surface area contributed by atoms with E-state index < -0.39 is 0 Å². The van der Waals surface area contributed by atoms with Gasteiger partial charge in [0.25, 0.3) is 0 Å². The maximum absolute atomic E-state index is 5.73. The predicted octanol–water partition coefficient (Wildman–Crippen LogP) is 3.77. The van der Waals surface area contributed by atoms with Crippen molar-refractivity contribution >= 4 is 23.3 Å². The maximum Gasteiger partial charge on any atom is 0.161 e. The largest absolute Gasteiger partial charge is 0.493 e. The Balaban J connectivity index is 0.00000192. The Morgan fingerprint density at radius 3 is 2.70 bits per heavy atom. The smallest absolute Gasteiger partial charge is 0.161 e. The summed E-state index contributed by atoms with van der Waals surface area (Å²) in [6.45, 7) is 2.21. The summed E-state index contributed by atoms with van der Waals surface area (Å²) in [6, 6.07) is 16.2. The van der Waals surface area contributed by atoms with E-state index in [4.69, 9.17) is 9.47 Å². The molecule has 5 heteroatoms. The van der Waals surface area contributed by atoms with Crippen LogP contribution in [0.2, 0.25) is 0 Å². The Kier molecular flexibility index (Phi) is 6.32. The van der Waals surface area contributed by atoms with E-state index >= 15 is 0 Å². The third-order valence-electron chi connectivity index (χ3n) is 3.55. The first-order valence-electron chi connectivity index (χ1n) is 7.39. The molecule has 1 heterocycles. The topological polar surface area (TPSA) is 46.3 Å². The second kappa shape index (κ2) is 8.46. The Bertz CT molecular complexity index is 742. The average Bonchev–Trinajstić information content (AvgIpc) is 3.02. The van der Waals surface area contributed by atoms with E-state index in [0.29, 0.717) is 6.61 Å². The number of aromatic amines is 1. The van der Waals surface area contributed by atoms with Gasteiger partial charge in [0.05, 0.1) is 7.11 Å². The third kappa shape index (κ3) is 4.41. The van der Waals surface area contributed by atoms with Gasteiger partial charge in [0.1, 0.15) is 6.61 Å². The quantitative estimate of drug-likeness (QED) is 0.647. The zero-order valence-electron chi connectivity index (χ0n) is 13.0. The van der Waals surface area contributed by atoms with E-state index in [1.165, 1.54) is 16.5 Å². The van der Waals surface area contributed by atoms with Crippen molar-refractivity contribution in [3.8, 4) is 11.5 Å². The summed E-state index contributed by atoms with van der Waals surface area (Å²) < 4.78 is 11.0. The number of nitrogens with one attached hydrogen (secondary N) is 2. The van der Waals surface area contributed by atoms with Gasteiger partial charge in [-0.25, -0.2) is 0 Å². The van der Waals surface area contributed by atoms with Crippen LogP contribution in [-0.2, 0) is 6.54 Å². The molecule has 0 spiro atoms. The molecule has 0 fully saturated rings. The van der Waals surface area contributed by atoms with Crippen LogP contribution in [0.1, 0.15) is 5.56 Å². The van der Waals surface area contributed by atoms with Gasteiger partial charge < -0.3 is 19.8 Å². The van der Waals surface area contributed by atoms with E-state index in [-0.39, 0.29) is 12.4 Å². The van der Waals surface area contributed by atoms with Crippen molar-refractivity contribution in [3.05, 3.63) is 60.3 Å². The van der Waals surface area contributed by atoms with Gasteiger partial charge in [-0.15, -0.1) is 12.4 Å². The first-order chi connectivity index (χ1) is 10.9. The molecule has 2 aromatic carbocycles. The third-order valence-corrected chi connectivity index (χ3v) is 3.55. The molecule has 0 saturated carbocycles. The molecule has 0 unspecified atom stereocenters. The van der Waals surface area contributed by atoms with Crippen LogP contribution in [0.5, 0.6) is 11.5 Å². The number of halogens is 1. The van der Waals surface area contributed by atoms with Gasteiger partial charge in [-0.05, 0) is 41.3 Å². The molecule has 2 N–H and O–H groups in total. The number of aromatic nitrogens is 1. The van der Waals surface area contributed by atoms with E-state index in [1.54, 1.807) is 7.11 Å². The summed E-state index contributed by atoms with van der Waals surface area (Å²) in [6.07, 6.45) is 1.96. The number of rotatable bonds is 7. The van der Waals surface area contributed by atoms with Gasteiger partial charge in [0.15, 0.2) is 11.5 Å². The van der Waals surface area contributed by atoms with Crippen LogP contribution < -0.4 is 14.8 Å². The lowest BCUT2D eigenvalue weighted by Gasteiger charge is -2.11. The lowest BCUT2D eigenvalue weighted by molar-refractivity contribution is 0.292. The van der Waals surface area contributed by atoms with Crippen molar-refractivity contribution in [1.82, 2.24) is 10.3 Å². The van der Waals surface area contributed by atoms with Crippen LogP contribution in [0.3, 0.4) is 0 Å². The summed E-state index contributed by atoms with van der Waals surface area (Å²) in [4.78, 5) is 3.20. The number of para-hydroxylation sites is 2. The number of benzene rings is 2. The Hall–Kier alpha value is -2.17. The second-order valence-electron chi connectivity index (χ2n) is 5.08. The fourth-order valence-corrected chi connectivity index (χ4v) is 2.42. The highest BCUT2D eigenvalue weighted by Gasteiger charge is 2.02. The molecule has 0 bridgehead atoms. The molecule has 0 aliphatic rings. The summed E-state index contributed by atoms with van der Waals surface area (Å²) >= 11 is 0. The molecule has 23 heavy (non-hydrogen) atoms. The number of fused-ring (bicyclic) bond motifs is 1. The fraction of sp³-hybridized carbons (Fsp3) is 0.222. The van der Waals surface area contributed by atoms with Crippen LogP contribution in [0.25, 0.3) is 10.9 Å². The highest BCUT2D eigenvalue weighted by atomic mass is 35.5. The molecule has 3 rings (SSSR count). The second-order valence-corrected chi connectivity index (χ2v) is 5.08. The molecule has 0 amide bonds. The molecule has 1 aromatic heterocycles. The molecule has 3 aromatic rings. The molecule has 122 valence electrons. The van der Waals surface area contributed by atoms with Crippen molar-refractivity contribution < 1.29 is 9.47 Å². The minimum Gasteiger partial charge on any atom is -0.493 e. The number of ether oxygens (including phenoxy) is 2. The Morgan fingerprint density at radius 2 is 1.87 bits per heavy atom. The number of H-pyrrole nitrogens is 1. The molecule has 0 atom stereocenters. The molecule has 0 radical (unpaired) electrons. The summed E-state index contributed by atoms with van der Waals surface area (Å²) in [5.41, 5.74) is 2.44. The normalized spacial score (nSPS) is 10.3. The van der Waals surface area contributed by atoms with E-state index in [9.17, 15) is 0 Å². The predicted molar refractivity (Wildman–Crippen MR) is 95.7 cm³/mol. The Labute approximate surface area is 142 Å². The first kappa shape index (κ1) is 17.2. The lowest BCUT2D eigenvalue weighted by Crippen LogP contribution is -2.20. The highest BCUT2D eigenvalue weighted by Crippen LogP contribution is 2.25. The number of methoxy groups -OCH3 is 1. The van der Waals surface area contributed by atoms with E-state index in [2.05, 4.69) is 34.6 Å². The number of hydrogen-bond acceptors (Lipinski definition) is 3. The molecule has 0 saturated heterocycles. The zero-order valence-corrected chi connectivity index (χ0v) is 13.9. The molecule has 4 nitrogen and oxygen atoms in total. The summed E-state index contributed by atoms with van der Waals surface area (Å²) in [5, 5.41) is 4.63. The van der Waals surface area contributed by atoms with Crippen LogP contribution in [0.4, 0.5) is 0 Å². The fourth-order valence-electron chi connectivity index (χ4n) is 2.42. The van der Waals surface area contributed by atoms with Gasteiger partial charge >= 0.3 is 0 Å². The van der Waals surface area contributed by atoms with Crippen LogP contribution in [-0.4, -0.2) is 25.2 Å². The van der Waals surface area contributed by atoms with Crippen molar-refractivity contribution in [1.29, 1.82) is 0 Å². The van der Waals surface area contributed by atoms with Crippen LogP contribution in [0, 0.1) is 0 Å². The van der Waals surface area contributed by atoms with Gasteiger partial charge in [-0.2, -0.15) is 0 Å². The minimum absolute atomic E-state index is 0. The minimum atomic E-state index is 0. The van der Waals surface area contributed by atoms with E-state index in [0.717, 1.165) is 24.6 Å². The van der Waals surface area contributed by atoms with Crippen molar-refractivity contribution in [2.75, 3.05) is 20.3 Å². The monoisotopic (exact) mass is 332 g/mol. The molecule has 0 aliphatic carbocycles. The number of hydrogen-bond donors (Lipinski definition) is 2.